The number of hydrogen-bond acceptors (Lipinski definition) is 4. The Labute approximate surface area is 165 Å². The van der Waals surface area contributed by atoms with Crippen molar-refractivity contribution >= 4 is 21.6 Å². The summed E-state index contributed by atoms with van der Waals surface area (Å²) in [5.74, 6) is -0.684. The maximum Gasteiger partial charge on any atom is 0.243 e. The van der Waals surface area contributed by atoms with Crippen LogP contribution in [-0.2, 0) is 21.2 Å². The fraction of sp³-hybridized carbons (Fsp3) is 0.350. The van der Waals surface area contributed by atoms with Crippen LogP contribution in [0.5, 0.6) is 0 Å². The number of benzene rings is 2. The van der Waals surface area contributed by atoms with Crippen molar-refractivity contribution in [3.8, 4) is 0 Å². The number of carbonyl (C=O) groups is 1. The van der Waals surface area contributed by atoms with E-state index in [9.17, 15) is 17.6 Å². The molecule has 2 aromatic carbocycles. The van der Waals surface area contributed by atoms with Crippen LogP contribution in [0.1, 0.15) is 12.5 Å². The zero-order chi connectivity index (χ0) is 20.1. The molecule has 0 aliphatic carbocycles. The Morgan fingerprint density at radius 2 is 1.75 bits per heavy atom. The molecule has 0 radical (unpaired) electrons. The van der Waals surface area contributed by atoms with E-state index in [-0.39, 0.29) is 23.0 Å². The van der Waals surface area contributed by atoms with Gasteiger partial charge in [0.15, 0.2) is 0 Å². The van der Waals surface area contributed by atoms with Gasteiger partial charge in [0.25, 0.3) is 0 Å². The first-order valence-electron chi connectivity index (χ1n) is 9.25. The summed E-state index contributed by atoms with van der Waals surface area (Å²) in [6.07, 6.45) is 0.0412. The van der Waals surface area contributed by atoms with Crippen LogP contribution in [-0.4, -0.2) is 56.3 Å². The molecule has 3 rings (SSSR count). The zero-order valence-electron chi connectivity index (χ0n) is 15.8. The van der Waals surface area contributed by atoms with Crippen molar-refractivity contribution in [2.24, 2.45) is 0 Å². The number of hydrogen-bond donors (Lipinski definition) is 1. The van der Waals surface area contributed by atoms with Gasteiger partial charge in [-0.25, -0.2) is 12.8 Å². The standard InChI is InChI=1S/C20H24FN3O3S/c1-2-23-10-12-24(13-11-23)28(26,27)19-8-6-18(7-9-19)22-20(25)15-16-4-3-5-17(21)14-16/h3-9,14H,2,10-13,15H2,1H3,(H,22,25). The summed E-state index contributed by atoms with van der Waals surface area (Å²) in [6.45, 7) is 5.38. The lowest BCUT2D eigenvalue weighted by Gasteiger charge is -2.33. The maximum atomic E-state index is 13.2. The third-order valence-electron chi connectivity index (χ3n) is 4.81. The molecular weight excluding hydrogens is 381 g/mol. The Balaban J connectivity index is 1.62. The van der Waals surface area contributed by atoms with Gasteiger partial charge in [-0.05, 0) is 48.5 Å². The van der Waals surface area contributed by atoms with Crippen LogP contribution in [0.15, 0.2) is 53.4 Å². The number of nitrogens with zero attached hydrogens (tertiary/aromatic N) is 2. The van der Waals surface area contributed by atoms with Gasteiger partial charge in [-0.1, -0.05) is 19.1 Å². The molecule has 8 heteroatoms. The average molecular weight is 405 g/mol. The molecule has 1 aliphatic heterocycles. The van der Waals surface area contributed by atoms with E-state index < -0.39 is 10.0 Å². The van der Waals surface area contributed by atoms with Gasteiger partial charge in [-0.15, -0.1) is 0 Å². The number of amides is 1. The molecule has 1 fully saturated rings. The number of likely N-dealkylation sites (N-methyl/N-ethyl adjacent to an activating group) is 1. The molecule has 0 saturated carbocycles. The molecule has 1 aliphatic rings. The highest BCUT2D eigenvalue weighted by Gasteiger charge is 2.27. The first kappa shape index (κ1) is 20.4. The van der Waals surface area contributed by atoms with Gasteiger partial charge in [0.1, 0.15) is 5.82 Å². The summed E-state index contributed by atoms with van der Waals surface area (Å²) in [5.41, 5.74) is 1.07. The van der Waals surface area contributed by atoms with Crippen LogP contribution in [0.2, 0.25) is 0 Å². The van der Waals surface area contributed by atoms with Crippen molar-refractivity contribution in [2.75, 3.05) is 38.0 Å². The molecule has 0 bridgehead atoms. The van der Waals surface area contributed by atoms with E-state index in [0.717, 1.165) is 19.6 Å². The minimum absolute atomic E-state index is 0.0412. The fourth-order valence-electron chi connectivity index (χ4n) is 3.18. The van der Waals surface area contributed by atoms with Crippen LogP contribution >= 0.6 is 0 Å². The minimum atomic E-state index is -3.54. The van der Waals surface area contributed by atoms with Crippen molar-refractivity contribution in [3.05, 3.63) is 59.9 Å². The van der Waals surface area contributed by atoms with Gasteiger partial charge in [0.05, 0.1) is 11.3 Å². The number of nitrogens with one attached hydrogen (secondary N) is 1. The quantitative estimate of drug-likeness (QED) is 0.801. The number of halogens is 1. The predicted molar refractivity (Wildman–Crippen MR) is 106 cm³/mol. The average Bonchev–Trinajstić information content (AvgIpc) is 2.68. The second-order valence-electron chi connectivity index (χ2n) is 6.72. The molecule has 2 aromatic rings. The van der Waals surface area contributed by atoms with Crippen LogP contribution in [0.3, 0.4) is 0 Å². The van der Waals surface area contributed by atoms with E-state index in [4.69, 9.17) is 0 Å². The molecule has 1 N–H and O–H groups in total. The highest BCUT2D eigenvalue weighted by Crippen LogP contribution is 2.20. The second kappa shape index (κ2) is 8.81. The van der Waals surface area contributed by atoms with Crippen LogP contribution in [0, 0.1) is 5.82 Å². The van der Waals surface area contributed by atoms with Crippen LogP contribution in [0.4, 0.5) is 10.1 Å². The monoisotopic (exact) mass is 405 g/mol. The zero-order valence-corrected chi connectivity index (χ0v) is 16.6. The van der Waals surface area contributed by atoms with E-state index in [1.54, 1.807) is 24.3 Å². The largest absolute Gasteiger partial charge is 0.326 e. The normalized spacial score (nSPS) is 16.1. The van der Waals surface area contributed by atoms with Crippen molar-refractivity contribution in [1.29, 1.82) is 0 Å². The molecule has 1 saturated heterocycles. The topological polar surface area (TPSA) is 69.7 Å². The Kier molecular flexibility index (Phi) is 6.43. The van der Waals surface area contributed by atoms with Gasteiger partial charge >= 0.3 is 0 Å². The van der Waals surface area contributed by atoms with Gasteiger partial charge in [-0.3, -0.25) is 4.79 Å². The van der Waals surface area contributed by atoms with Crippen molar-refractivity contribution in [3.63, 3.8) is 0 Å². The van der Waals surface area contributed by atoms with E-state index in [2.05, 4.69) is 17.1 Å². The maximum absolute atomic E-state index is 13.2. The van der Waals surface area contributed by atoms with Crippen LogP contribution < -0.4 is 5.32 Å². The Hall–Kier alpha value is -2.29. The third kappa shape index (κ3) is 4.95. The summed E-state index contributed by atoms with van der Waals surface area (Å²) in [7, 11) is -3.54. The number of carbonyl (C=O) groups excluding carboxylic acids is 1. The lowest BCUT2D eigenvalue weighted by Crippen LogP contribution is -2.48. The van der Waals surface area contributed by atoms with Crippen LogP contribution in [0.25, 0.3) is 0 Å². The van der Waals surface area contributed by atoms with E-state index in [0.29, 0.717) is 24.3 Å². The number of rotatable bonds is 6. The first-order valence-corrected chi connectivity index (χ1v) is 10.7. The second-order valence-corrected chi connectivity index (χ2v) is 8.66. The summed E-state index contributed by atoms with van der Waals surface area (Å²) in [4.78, 5) is 14.5. The van der Waals surface area contributed by atoms with Crippen molar-refractivity contribution in [1.82, 2.24) is 9.21 Å². The molecule has 0 spiro atoms. The summed E-state index contributed by atoms with van der Waals surface area (Å²) < 4.78 is 40.2. The summed E-state index contributed by atoms with van der Waals surface area (Å²) >= 11 is 0. The highest BCUT2D eigenvalue weighted by molar-refractivity contribution is 7.89. The van der Waals surface area contributed by atoms with E-state index in [1.165, 1.54) is 28.6 Å². The third-order valence-corrected chi connectivity index (χ3v) is 6.72. The minimum Gasteiger partial charge on any atom is -0.326 e. The predicted octanol–water partition coefficient (Wildman–Crippen LogP) is 2.33. The van der Waals surface area contributed by atoms with Gasteiger partial charge in [-0.2, -0.15) is 4.31 Å². The molecule has 0 atom stereocenters. The molecular formula is C20H24FN3O3S. The lowest BCUT2D eigenvalue weighted by molar-refractivity contribution is -0.115. The molecule has 0 unspecified atom stereocenters. The van der Waals surface area contributed by atoms with Gasteiger partial charge in [0.2, 0.25) is 15.9 Å². The molecule has 1 heterocycles. The van der Waals surface area contributed by atoms with E-state index in [1.807, 2.05) is 0 Å². The van der Waals surface area contributed by atoms with Gasteiger partial charge in [0, 0.05) is 31.9 Å². The molecule has 1 amide bonds. The SMILES string of the molecule is CCN1CCN(S(=O)(=O)c2ccc(NC(=O)Cc3cccc(F)c3)cc2)CC1. The van der Waals surface area contributed by atoms with Crippen molar-refractivity contribution in [2.45, 2.75) is 18.2 Å². The molecule has 6 nitrogen and oxygen atoms in total. The summed E-state index contributed by atoms with van der Waals surface area (Å²) in [6, 6.07) is 12.0. The molecule has 150 valence electrons. The molecule has 0 aromatic heterocycles. The lowest BCUT2D eigenvalue weighted by atomic mass is 10.1. The van der Waals surface area contributed by atoms with E-state index >= 15 is 0 Å². The Morgan fingerprint density at radius 3 is 2.36 bits per heavy atom. The first-order chi connectivity index (χ1) is 13.4. The summed E-state index contributed by atoms with van der Waals surface area (Å²) in [5, 5.41) is 2.70. The highest BCUT2D eigenvalue weighted by atomic mass is 32.2. The van der Waals surface area contributed by atoms with Gasteiger partial charge < -0.3 is 10.2 Å². The van der Waals surface area contributed by atoms with Crippen molar-refractivity contribution < 1.29 is 17.6 Å². The molecule has 28 heavy (non-hydrogen) atoms. The number of sulfonamides is 1. The Bertz CT molecular complexity index is 924. The fourth-order valence-corrected chi connectivity index (χ4v) is 4.61. The smallest absolute Gasteiger partial charge is 0.243 e. The number of anilines is 1. The Morgan fingerprint density at radius 1 is 1.07 bits per heavy atom. The number of piperazine rings is 1.